The summed E-state index contributed by atoms with van der Waals surface area (Å²) in [6.45, 7) is 0.543. The van der Waals surface area contributed by atoms with E-state index in [4.69, 9.17) is 0 Å². The Hall–Kier alpha value is -1.45. The molecule has 0 bridgehead atoms. The fraction of sp³-hybridized carbons (Fsp3) is 0.300. The van der Waals surface area contributed by atoms with E-state index >= 15 is 0 Å². The number of carbonyl (C=O) groups excluding carboxylic acids is 1. The molecule has 1 aromatic rings. The summed E-state index contributed by atoms with van der Waals surface area (Å²) in [4.78, 5) is 12.7. The van der Waals surface area contributed by atoms with E-state index in [-0.39, 0.29) is 5.91 Å². The molecule has 1 saturated heterocycles. The van der Waals surface area contributed by atoms with E-state index in [9.17, 15) is 13.6 Å². The predicted molar refractivity (Wildman–Crippen MR) is 47.9 cm³/mol. The Balaban J connectivity index is 2.35. The Bertz CT molecular complexity index is 358. The summed E-state index contributed by atoms with van der Waals surface area (Å²) in [6.07, 6.45) is 1.20. The van der Waals surface area contributed by atoms with Crippen molar-refractivity contribution in [1.29, 1.82) is 0 Å². The van der Waals surface area contributed by atoms with Crippen LogP contribution in [0.2, 0.25) is 0 Å². The van der Waals surface area contributed by atoms with Crippen molar-refractivity contribution in [1.82, 2.24) is 0 Å². The summed E-state index contributed by atoms with van der Waals surface area (Å²) in [5.74, 6) is -1.38. The Morgan fingerprint density at radius 2 is 1.79 bits per heavy atom. The monoisotopic (exact) mass is 197 g/mol. The lowest BCUT2D eigenvalue weighted by Crippen LogP contribution is -2.23. The van der Waals surface area contributed by atoms with Gasteiger partial charge < -0.3 is 4.90 Å². The summed E-state index contributed by atoms with van der Waals surface area (Å²) < 4.78 is 25.7. The minimum Gasteiger partial charge on any atom is -0.312 e. The molecule has 0 radical (unpaired) electrons. The molecule has 0 N–H and O–H groups in total. The summed E-state index contributed by atoms with van der Waals surface area (Å²) in [5.41, 5.74) is 0.310. The Kier molecular flexibility index (Phi) is 2.19. The first-order valence-corrected chi connectivity index (χ1v) is 4.43. The van der Waals surface area contributed by atoms with E-state index in [0.717, 1.165) is 12.5 Å². The van der Waals surface area contributed by atoms with Gasteiger partial charge in [0.1, 0.15) is 11.6 Å². The van der Waals surface area contributed by atoms with Gasteiger partial charge >= 0.3 is 0 Å². The number of benzene rings is 1. The van der Waals surface area contributed by atoms with E-state index in [1.54, 1.807) is 0 Å². The van der Waals surface area contributed by atoms with Crippen molar-refractivity contribution in [3.63, 3.8) is 0 Å². The SMILES string of the molecule is O=C1CCCN1c1cc(F)cc(F)c1. The van der Waals surface area contributed by atoms with E-state index in [0.29, 0.717) is 18.7 Å². The molecule has 1 amide bonds. The maximum absolute atomic E-state index is 12.8. The van der Waals surface area contributed by atoms with Gasteiger partial charge in [-0.25, -0.2) is 8.78 Å². The highest BCUT2D eigenvalue weighted by atomic mass is 19.1. The van der Waals surface area contributed by atoms with Crippen LogP contribution in [0.1, 0.15) is 12.8 Å². The van der Waals surface area contributed by atoms with Crippen molar-refractivity contribution in [3.05, 3.63) is 29.8 Å². The van der Waals surface area contributed by atoms with Crippen LogP contribution < -0.4 is 4.90 Å². The van der Waals surface area contributed by atoms with Crippen LogP contribution in [0.15, 0.2) is 18.2 Å². The molecule has 74 valence electrons. The lowest BCUT2D eigenvalue weighted by atomic mass is 10.3. The fourth-order valence-electron chi connectivity index (χ4n) is 1.62. The van der Waals surface area contributed by atoms with Gasteiger partial charge in [0, 0.05) is 24.7 Å². The Morgan fingerprint density at radius 1 is 1.14 bits per heavy atom. The second-order valence-corrected chi connectivity index (χ2v) is 3.28. The molecule has 0 aromatic heterocycles. The standard InChI is InChI=1S/C10H9F2NO/c11-7-4-8(12)6-9(5-7)13-3-1-2-10(13)14/h4-6H,1-3H2. The highest BCUT2D eigenvalue weighted by Crippen LogP contribution is 2.22. The van der Waals surface area contributed by atoms with Crippen LogP contribution in [0, 0.1) is 11.6 Å². The molecule has 4 heteroatoms. The number of nitrogens with zero attached hydrogens (tertiary/aromatic N) is 1. The van der Waals surface area contributed by atoms with Crippen LogP contribution in [0.3, 0.4) is 0 Å². The maximum atomic E-state index is 12.8. The van der Waals surface area contributed by atoms with Crippen LogP contribution >= 0.6 is 0 Å². The van der Waals surface area contributed by atoms with E-state index < -0.39 is 11.6 Å². The van der Waals surface area contributed by atoms with Crippen molar-refractivity contribution in [2.75, 3.05) is 11.4 Å². The molecule has 1 aliphatic heterocycles. The van der Waals surface area contributed by atoms with E-state index in [1.807, 2.05) is 0 Å². The molecule has 0 saturated carbocycles. The third-order valence-corrected chi connectivity index (χ3v) is 2.23. The average Bonchev–Trinajstić information content (AvgIpc) is 2.49. The number of hydrogen-bond donors (Lipinski definition) is 0. The highest BCUT2D eigenvalue weighted by molar-refractivity contribution is 5.95. The van der Waals surface area contributed by atoms with Gasteiger partial charge in [-0.3, -0.25) is 4.79 Å². The zero-order valence-corrected chi connectivity index (χ0v) is 7.46. The van der Waals surface area contributed by atoms with Gasteiger partial charge in [0.25, 0.3) is 0 Å². The summed E-state index contributed by atoms with van der Waals surface area (Å²) in [6, 6.07) is 3.14. The number of amides is 1. The topological polar surface area (TPSA) is 20.3 Å². The smallest absolute Gasteiger partial charge is 0.227 e. The van der Waals surface area contributed by atoms with Crippen LogP contribution in [0.5, 0.6) is 0 Å². The first-order chi connectivity index (χ1) is 6.66. The minimum absolute atomic E-state index is 0.0741. The zero-order chi connectivity index (χ0) is 10.1. The van der Waals surface area contributed by atoms with Crippen LogP contribution in [0.25, 0.3) is 0 Å². The Labute approximate surface area is 80.1 Å². The molecule has 0 aliphatic carbocycles. The van der Waals surface area contributed by atoms with Gasteiger partial charge in [0.2, 0.25) is 5.91 Å². The number of rotatable bonds is 1. The number of anilines is 1. The average molecular weight is 197 g/mol. The molecule has 2 nitrogen and oxygen atoms in total. The minimum atomic E-state index is -0.653. The van der Waals surface area contributed by atoms with Crippen LogP contribution in [0.4, 0.5) is 14.5 Å². The second kappa shape index (κ2) is 3.36. The number of halogens is 2. The molecule has 1 aromatic carbocycles. The number of carbonyl (C=O) groups is 1. The van der Waals surface area contributed by atoms with Crippen molar-refractivity contribution >= 4 is 11.6 Å². The lowest BCUT2D eigenvalue weighted by Gasteiger charge is -2.15. The molecule has 0 spiro atoms. The van der Waals surface area contributed by atoms with Crippen molar-refractivity contribution in [2.45, 2.75) is 12.8 Å². The van der Waals surface area contributed by atoms with Crippen LogP contribution in [-0.4, -0.2) is 12.5 Å². The molecule has 1 heterocycles. The molecule has 1 aliphatic rings. The molecule has 14 heavy (non-hydrogen) atoms. The quantitative estimate of drug-likeness (QED) is 0.675. The van der Waals surface area contributed by atoms with Crippen molar-refractivity contribution < 1.29 is 13.6 Å². The lowest BCUT2D eigenvalue weighted by molar-refractivity contribution is -0.117. The molecule has 0 atom stereocenters. The summed E-state index contributed by atoms with van der Waals surface area (Å²) >= 11 is 0. The first-order valence-electron chi connectivity index (χ1n) is 4.43. The zero-order valence-electron chi connectivity index (χ0n) is 7.46. The van der Waals surface area contributed by atoms with Gasteiger partial charge in [-0.15, -0.1) is 0 Å². The molecule has 1 fully saturated rings. The highest BCUT2D eigenvalue weighted by Gasteiger charge is 2.22. The summed E-state index contributed by atoms with van der Waals surface area (Å²) in [5, 5.41) is 0. The molecule has 0 unspecified atom stereocenters. The van der Waals surface area contributed by atoms with E-state index in [1.165, 1.54) is 17.0 Å². The van der Waals surface area contributed by atoms with E-state index in [2.05, 4.69) is 0 Å². The fourth-order valence-corrected chi connectivity index (χ4v) is 1.62. The molecule has 2 rings (SSSR count). The Morgan fingerprint density at radius 3 is 2.29 bits per heavy atom. The van der Waals surface area contributed by atoms with Gasteiger partial charge in [0.05, 0.1) is 0 Å². The molecular weight excluding hydrogens is 188 g/mol. The predicted octanol–water partition coefficient (Wildman–Crippen LogP) is 2.09. The normalized spacial score (nSPS) is 16.4. The van der Waals surface area contributed by atoms with Gasteiger partial charge in [-0.1, -0.05) is 0 Å². The first kappa shape index (κ1) is 9.12. The number of hydrogen-bond acceptors (Lipinski definition) is 1. The van der Waals surface area contributed by atoms with Gasteiger partial charge in [-0.2, -0.15) is 0 Å². The third-order valence-electron chi connectivity index (χ3n) is 2.23. The largest absolute Gasteiger partial charge is 0.312 e. The third kappa shape index (κ3) is 1.60. The maximum Gasteiger partial charge on any atom is 0.227 e. The summed E-state index contributed by atoms with van der Waals surface area (Å²) in [7, 11) is 0. The van der Waals surface area contributed by atoms with Gasteiger partial charge in [0.15, 0.2) is 0 Å². The molecular formula is C10H9F2NO. The van der Waals surface area contributed by atoms with Crippen LogP contribution in [-0.2, 0) is 4.79 Å². The van der Waals surface area contributed by atoms with Crippen molar-refractivity contribution in [2.24, 2.45) is 0 Å². The van der Waals surface area contributed by atoms with Crippen molar-refractivity contribution in [3.8, 4) is 0 Å². The second-order valence-electron chi connectivity index (χ2n) is 3.28. The van der Waals surface area contributed by atoms with Gasteiger partial charge in [-0.05, 0) is 18.6 Å².